The Labute approximate surface area is 138 Å². The Bertz CT molecular complexity index is 656. The van der Waals surface area contributed by atoms with Gasteiger partial charge in [0.2, 0.25) is 0 Å². The number of hydrogen-bond acceptors (Lipinski definition) is 3. The predicted molar refractivity (Wildman–Crippen MR) is 87.1 cm³/mol. The summed E-state index contributed by atoms with van der Waals surface area (Å²) < 4.78 is 19.4. The lowest BCUT2D eigenvalue weighted by Crippen LogP contribution is -2.22. The van der Waals surface area contributed by atoms with Gasteiger partial charge in [-0.1, -0.05) is 25.1 Å². The van der Waals surface area contributed by atoms with Crippen molar-refractivity contribution in [2.24, 2.45) is 0 Å². The molecule has 3 nitrogen and oxygen atoms in total. The van der Waals surface area contributed by atoms with Gasteiger partial charge in [0.25, 0.3) is 0 Å². The Balaban J connectivity index is 1.76. The Hall–Kier alpha value is -1.20. The first-order chi connectivity index (χ1) is 10.5. The monoisotopic (exact) mass is 366 g/mol. The molecule has 2 aromatic rings. The number of hydrogen-bond donors (Lipinski definition) is 0. The van der Waals surface area contributed by atoms with E-state index in [9.17, 15) is 4.39 Å². The van der Waals surface area contributed by atoms with E-state index in [-0.39, 0.29) is 11.9 Å². The van der Waals surface area contributed by atoms with Gasteiger partial charge in [0.15, 0.2) is 5.76 Å². The first kappa shape index (κ1) is 15.7. The molecule has 1 aromatic heterocycles. The Morgan fingerprint density at radius 3 is 2.91 bits per heavy atom. The van der Waals surface area contributed by atoms with E-state index in [1.165, 1.54) is 6.07 Å². The van der Waals surface area contributed by atoms with Crippen LogP contribution in [0.4, 0.5) is 4.39 Å². The van der Waals surface area contributed by atoms with Gasteiger partial charge in [0, 0.05) is 12.6 Å². The molecule has 0 spiro atoms. The summed E-state index contributed by atoms with van der Waals surface area (Å²) in [6, 6.07) is 7.55. The molecule has 1 fully saturated rings. The lowest BCUT2D eigenvalue weighted by atomic mass is 10.1. The van der Waals surface area contributed by atoms with Gasteiger partial charge in [-0.3, -0.25) is 4.90 Å². The summed E-state index contributed by atoms with van der Waals surface area (Å²) in [5, 5.41) is 4.17. The molecule has 0 saturated carbocycles. The highest BCUT2D eigenvalue weighted by molar-refractivity contribution is 9.10. The van der Waals surface area contributed by atoms with Crippen LogP contribution in [-0.2, 0) is 6.54 Å². The fourth-order valence-corrected chi connectivity index (χ4v) is 3.37. The largest absolute Gasteiger partial charge is 0.359 e. The van der Waals surface area contributed by atoms with Crippen molar-refractivity contribution in [2.75, 3.05) is 6.54 Å². The third-order valence-corrected chi connectivity index (χ3v) is 4.81. The molecule has 0 amide bonds. The number of halogens is 2. The smallest absolute Gasteiger partial charge is 0.154 e. The van der Waals surface area contributed by atoms with E-state index in [2.05, 4.69) is 45.9 Å². The first-order valence-corrected chi connectivity index (χ1v) is 8.48. The highest BCUT2D eigenvalue weighted by atomic mass is 79.9. The van der Waals surface area contributed by atoms with Crippen molar-refractivity contribution in [3.63, 3.8) is 0 Å². The van der Waals surface area contributed by atoms with Crippen molar-refractivity contribution < 1.29 is 8.91 Å². The molecule has 0 aliphatic carbocycles. The topological polar surface area (TPSA) is 29.3 Å². The third kappa shape index (κ3) is 3.25. The van der Waals surface area contributed by atoms with Gasteiger partial charge in [-0.2, -0.15) is 0 Å². The predicted octanol–water partition coefficient (Wildman–Crippen LogP) is 5.04. The SMILES string of the molecule is CC(C)c1cc([C@H]2CCCN2Cc2ccc(F)c(Br)c2)on1. The lowest BCUT2D eigenvalue weighted by molar-refractivity contribution is 0.206. The van der Waals surface area contributed by atoms with E-state index in [0.29, 0.717) is 10.4 Å². The number of nitrogens with zero attached hydrogens (tertiary/aromatic N) is 2. The molecule has 1 aliphatic heterocycles. The van der Waals surface area contributed by atoms with E-state index in [4.69, 9.17) is 4.52 Å². The van der Waals surface area contributed by atoms with Crippen LogP contribution in [0.2, 0.25) is 0 Å². The van der Waals surface area contributed by atoms with Crippen LogP contribution in [-0.4, -0.2) is 16.6 Å². The van der Waals surface area contributed by atoms with E-state index >= 15 is 0 Å². The van der Waals surface area contributed by atoms with Crippen molar-refractivity contribution in [3.8, 4) is 0 Å². The van der Waals surface area contributed by atoms with Crippen molar-refractivity contribution in [1.29, 1.82) is 0 Å². The number of rotatable bonds is 4. The maximum atomic E-state index is 13.3. The summed E-state index contributed by atoms with van der Waals surface area (Å²) in [7, 11) is 0. The van der Waals surface area contributed by atoms with Crippen LogP contribution in [0, 0.1) is 5.82 Å². The zero-order chi connectivity index (χ0) is 15.7. The average Bonchev–Trinajstić information content (AvgIpc) is 3.11. The van der Waals surface area contributed by atoms with Crippen LogP contribution in [0.3, 0.4) is 0 Å². The van der Waals surface area contributed by atoms with E-state index in [0.717, 1.165) is 42.9 Å². The highest BCUT2D eigenvalue weighted by Crippen LogP contribution is 2.34. The lowest BCUT2D eigenvalue weighted by Gasteiger charge is -2.22. The molecule has 118 valence electrons. The molecule has 0 bridgehead atoms. The number of benzene rings is 1. The van der Waals surface area contributed by atoms with E-state index in [1.54, 1.807) is 0 Å². The highest BCUT2D eigenvalue weighted by Gasteiger charge is 2.29. The van der Waals surface area contributed by atoms with E-state index < -0.39 is 0 Å². The van der Waals surface area contributed by atoms with Crippen molar-refractivity contribution >= 4 is 15.9 Å². The minimum Gasteiger partial charge on any atom is -0.359 e. The average molecular weight is 367 g/mol. The van der Waals surface area contributed by atoms with Gasteiger partial charge < -0.3 is 4.52 Å². The second-order valence-electron chi connectivity index (χ2n) is 6.19. The molecule has 2 heterocycles. The molecule has 5 heteroatoms. The molecule has 1 atom stereocenters. The van der Waals surface area contributed by atoms with Crippen molar-refractivity contribution in [2.45, 2.75) is 45.2 Å². The molecule has 0 N–H and O–H groups in total. The second-order valence-corrected chi connectivity index (χ2v) is 7.04. The third-order valence-electron chi connectivity index (χ3n) is 4.20. The van der Waals surface area contributed by atoms with Crippen LogP contribution in [0.25, 0.3) is 0 Å². The minimum atomic E-state index is -0.224. The van der Waals surface area contributed by atoms with E-state index in [1.807, 2.05) is 12.1 Å². The molecule has 22 heavy (non-hydrogen) atoms. The van der Waals surface area contributed by atoms with Crippen LogP contribution in [0.1, 0.15) is 55.7 Å². The summed E-state index contributed by atoms with van der Waals surface area (Å²) in [5.41, 5.74) is 2.11. The zero-order valence-corrected chi connectivity index (χ0v) is 14.4. The minimum absolute atomic E-state index is 0.224. The molecule has 0 unspecified atom stereocenters. The molecule has 1 aliphatic rings. The quantitative estimate of drug-likeness (QED) is 0.759. The molecule has 3 rings (SSSR count). The number of aromatic nitrogens is 1. The normalized spacial score (nSPS) is 19.2. The summed E-state index contributed by atoms with van der Waals surface area (Å²) in [6.45, 7) is 6.05. The Kier molecular flexibility index (Phi) is 4.64. The van der Waals surface area contributed by atoms with Crippen LogP contribution >= 0.6 is 15.9 Å². The fraction of sp³-hybridized carbons (Fsp3) is 0.471. The summed E-state index contributed by atoms with van der Waals surface area (Å²) in [5.74, 6) is 1.10. The molecular weight excluding hydrogens is 347 g/mol. The summed E-state index contributed by atoms with van der Waals surface area (Å²) in [6.07, 6.45) is 2.22. The Morgan fingerprint density at radius 2 is 2.23 bits per heavy atom. The van der Waals surface area contributed by atoms with Crippen molar-refractivity contribution in [3.05, 3.63) is 51.6 Å². The Morgan fingerprint density at radius 1 is 1.41 bits per heavy atom. The van der Waals surface area contributed by atoms with Gasteiger partial charge in [0.05, 0.1) is 16.2 Å². The maximum Gasteiger partial charge on any atom is 0.154 e. The first-order valence-electron chi connectivity index (χ1n) is 7.69. The number of likely N-dealkylation sites (tertiary alicyclic amines) is 1. The van der Waals surface area contributed by atoms with Gasteiger partial charge in [0.1, 0.15) is 5.82 Å². The zero-order valence-electron chi connectivity index (χ0n) is 12.9. The molecule has 1 aromatic carbocycles. The van der Waals surface area contributed by atoms with Gasteiger partial charge in [-0.15, -0.1) is 0 Å². The van der Waals surface area contributed by atoms with Crippen LogP contribution < -0.4 is 0 Å². The van der Waals surface area contributed by atoms with Crippen LogP contribution in [0.15, 0.2) is 33.3 Å². The maximum absolute atomic E-state index is 13.3. The molecule has 0 radical (unpaired) electrons. The second kappa shape index (κ2) is 6.50. The standard InChI is InChI=1S/C17H20BrFN2O/c1-11(2)15-9-17(22-20-15)16-4-3-7-21(16)10-12-5-6-14(19)13(18)8-12/h5-6,8-9,11,16H,3-4,7,10H2,1-2H3/t16-/m1/s1. The van der Waals surface area contributed by atoms with Gasteiger partial charge >= 0.3 is 0 Å². The fourth-order valence-electron chi connectivity index (χ4n) is 2.94. The molecule has 1 saturated heterocycles. The van der Waals surface area contributed by atoms with Crippen LogP contribution in [0.5, 0.6) is 0 Å². The molecular formula is C17H20BrFN2O. The summed E-state index contributed by atoms with van der Waals surface area (Å²) >= 11 is 3.25. The van der Waals surface area contributed by atoms with Crippen molar-refractivity contribution in [1.82, 2.24) is 10.1 Å². The summed E-state index contributed by atoms with van der Waals surface area (Å²) in [4.78, 5) is 2.38. The van der Waals surface area contributed by atoms with Gasteiger partial charge in [-0.25, -0.2) is 4.39 Å². The van der Waals surface area contributed by atoms with Gasteiger partial charge in [-0.05, 0) is 58.9 Å².